The van der Waals surface area contributed by atoms with Gasteiger partial charge in [-0.1, -0.05) is 20.8 Å². The molecule has 0 saturated heterocycles. The second kappa shape index (κ2) is 5.96. The van der Waals surface area contributed by atoms with Crippen molar-refractivity contribution < 1.29 is 0 Å². The van der Waals surface area contributed by atoms with E-state index in [-0.39, 0.29) is 0 Å². The molecule has 0 spiro atoms. The summed E-state index contributed by atoms with van der Waals surface area (Å²) in [6.07, 6.45) is 5.10. The van der Waals surface area contributed by atoms with Crippen molar-refractivity contribution in [2.45, 2.75) is 40.7 Å². The molecule has 0 bridgehead atoms. The zero-order valence-corrected chi connectivity index (χ0v) is 7.96. The van der Waals surface area contributed by atoms with Crippen molar-refractivity contribution in [3.8, 4) is 0 Å². The topological polar surface area (TPSA) is 17.8 Å². The van der Waals surface area contributed by atoms with E-state index >= 15 is 0 Å². The number of aromatic nitrogens is 2. The van der Waals surface area contributed by atoms with Gasteiger partial charge in [0.25, 0.3) is 0 Å². The van der Waals surface area contributed by atoms with E-state index in [2.05, 4.69) is 25.1 Å². The molecule has 0 saturated carbocycles. The molecule has 0 aromatic carbocycles. The van der Waals surface area contributed by atoms with Crippen LogP contribution in [0.4, 0.5) is 0 Å². The molecule has 0 amide bonds. The molecule has 0 N–H and O–H groups in total. The number of aryl methyl sites for hydroxylation is 2. The zero-order valence-electron chi connectivity index (χ0n) is 7.96. The Kier molecular flexibility index (Phi) is 5.53. The highest BCUT2D eigenvalue weighted by Crippen LogP contribution is 1.94. The Morgan fingerprint density at radius 2 is 2.09 bits per heavy atom. The van der Waals surface area contributed by atoms with Gasteiger partial charge in [-0.3, -0.25) is 4.68 Å². The van der Waals surface area contributed by atoms with Crippen molar-refractivity contribution in [1.29, 1.82) is 0 Å². The Labute approximate surface area is 69.2 Å². The number of hydrogen-bond donors (Lipinski definition) is 0. The predicted octanol–water partition coefficient (Wildman–Crippen LogP) is 2.63. The lowest BCUT2D eigenvalue weighted by atomic mass is 10.4. The zero-order chi connectivity index (χ0) is 8.69. The van der Waals surface area contributed by atoms with E-state index in [1.54, 1.807) is 0 Å². The van der Waals surface area contributed by atoms with Gasteiger partial charge in [-0.05, 0) is 18.9 Å². The van der Waals surface area contributed by atoms with Gasteiger partial charge in [-0.15, -0.1) is 0 Å². The van der Waals surface area contributed by atoms with Crippen LogP contribution in [0.5, 0.6) is 0 Å². The van der Waals surface area contributed by atoms with Crippen LogP contribution < -0.4 is 0 Å². The summed E-state index contributed by atoms with van der Waals surface area (Å²) in [7, 11) is 0. The molecule has 0 atom stereocenters. The van der Waals surface area contributed by atoms with Crippen LogP contribution in [0.15, 0.2) is 12.4 Å². The van der Waals surface area contributed by atoms with Gasteiger partial charge in [0.15, 0.2) is 0 Å². The Morgan fingerprint density at radius 1 is 1.45 bits per heavy atom. The van der Waals surface area contributed by atoms with Gasteiger partial charge >= 0.3 is 0 Å². The predicted molar refractivity (Wildman–Crippen MR) is 48.6 cm³/mol. The van der Waals surface area contributed by atoms with Crippen LogP contribution in [0.1, 0.15) is 32.8 Å². The van der Waals surface area contributed by atoms with Crippen LogP contribution in [-0.4, -0.2) is 9.78 Å². The first-order valence-electron chi connectivity index (χ1n) is 4.32. The fraction of sp³-hybridized carbons (Fsp3) is 0.667. The van der Waals surface area contributed by atoms with Crippen molar-refractivity contribution in [3.05, 3.63) is 18.0 Å². The first kappa shape index (κ1) is 10.2. The van der Waals surface area contributed by atoms with Gasteiger partial charge in [0.2, 0.25) is 0 Å². The highest BCUT2D eigenvalue weighted by molar-refractivity contribution is 4.99. The molecule has 0 fully saturated rings. The van der Waals surface area contributed by atoms with Gasteiger partial charge in [0.1, 0.15) is 0 Å². The molecule has 1 aromatic rings. The Balaban J connectivity index is 0.000000461. The molecule has 2 heteroatoms. The maximum absolute atomic E-state index is 4.12. The standard InChI is InChI=1S/C7H12N2.C2H6/c1-3-4-9-6-7(2)5-8-9;1-2/h5-6H,3-4H2,1-2H3;1-2H3. The first-order chi connectivity index (χ1) is 5.33. The van der Waals surface area contributed by atoms with E-state index in [4.69, 9.17) is 0 Å². The third-order valence-electron chi connectivity index (χ3n) is 1.22. The lowest BCUT2D eigenvalue weighted by molar-refractivity contribution is 0.602. The number of rotatable bonds is 2. The number of hydrogen-bond acceptors (Lipinski definition) is 1. The molecule has 64 valence electrons. The maximum Gasteiger partial charge on any atom is 0.0518 e. The van der Waals surface area contributed by atoms with Crippen molar-refractivity contribution >= 4 is 0 Å². The third kappa shape index (κ3) is 3.81. The molecule has 0 radical (unpaired) electrons. The molecular weight excluding hydrogens is 136 g/mol. The quantitative estimate of drug-likeness (QED) is 0.640. The Hall–Kier alpha value is -0.790. The summed E-state index contributed by atoms with van der Waals surface area (Å²) in [5, 5.41) is 4.12. The molecular formula is C9H18N2. The average molecular weight is 154 g/mol. The van der Waals surface area contributed by atoms with Crippen LogP contribution in [0.2, 0.25) is 0 Å². The Morgan fingerprint density at radius 3 is 2.45 bits per heavy atom. The van der Waals surface area contributed by atoms with Crippen LogP contribution >= 0.6 is 0 Å². The van der Waals surface area contributed by atoms with Gasteiger partial charge < -0.3 is 0 Å². The summed E-state index contributed by atoms with van der Waals surface area (Å²) in [5.74, 6) is 0. The largest absolute Gasteiger partial charge is 0.273 e. The summed E-state index contributed by atoms with van der Waals surface area (Å²) in [6.45, 7) is 9.24. The van der Waals surface area contributed by atoms with E-state index in [1.807, 2.05) is 24.7 Å². The minimum Gasteiger partial charge on any atom is -0.273 e. The summed E-state index contributed by atoms with van der Waals surface area (Å²) < 4.78 is 1.97. The molecule has 1 heterocycles. The van der Waals surface area contributed by atoms with Crippen molar-refractivity contribution in [2.75, 3.05) is 0 Å². The van der Waals surface area contributed by atoms with E-state index in [0.717, 1.165) is 13.0 Å². The summed E-state index contributed by atoms with van der Waals surface area (Å²) in [5.41, 5.74) is 1.24. The van der Waals surface area contributed by atoms with Gasteiger partial charge in [0, 0.05) is 12.7 Å². The van der Waals surface area contributed by atoms with Gasteiger partial charge in [-0.2, -0.15) is 5.10 Å². The summed E-state index contributed by atoms with van der Waals surface area (Å²) in [6, 6.07) is 0. The van der Waals surface area contributed by atoms with E-state index in [1.165, 1.54) is 5.56 Å². The monoisotopic (exact) mass is 154 g/mol. The second-order valence-electron chi connectivity index (χ2n) is 2.28. The van der Waals surface area contributed by atoms with E-state index in [9.17, 15) is 0 Å². The minimum atomic E-state index is 1.04. The second-order valence-corrected chi connectivity index (χ2v) is 2.28. The fourth-order valence-electron chi connectivity index (χ4n) is 0.818. The minimum absolute atomic E-state index is 1.04. The smallest absolute Gasteiger partial charge is 0.0518 e. The van der Waals surface area contributed by atoms with Crippen molar-refractivity contribution in [3.63, 3.8) is 0 Å². The average Bonchev–Trinajstić information content (AvgIpc) is 2.41. The van der Waals surface area contributed by atoms with Gasteiger partial charge in [0.05, 0.1) is 6.20 Å². The molecule has 1 aromatic heterocycles. The maximum atomic E-state index is 4.12. The van der Waals surface area contributed by atoms with Gasteiger partial charge in [-0.25, -0.2) is 0 Å². The highest BCUT2D eigenvalue weighted by atomic mass is 15.3. The third-order valence-corrected chi connectivity index (χ3v) is 1.22. The van der Waals surface area contributed by atoms with E-state index in [0.29, 0.717) is 0 Å². The first-order valence-corrected chi connectivity index (χ1v) is 4.32. The normalized spacial score (nSPS) is 8.73. The molecule has 0 unspecified atom stereocenters. The SMILES string of the molecule is CC.CCCn1cc(C)cn1. The van der Waals surface area contributed by atoms with Crippen LogP contribution in [0.3, 0.4) is 0 Å². The summed E-state index contributed by atoms with van der Waals surface area (Å²) in [4.78, 5) is 0. The molecule has 0 aliphatic heterocycles. The lowest BCUT2D eigenvalue weighted by Crippen LogP contribution is -1.95. The highest BCUT2D eigenvalue weighted by Gasteiger charge is 1.88. The fourth-order valence-corrected chi connectivity index (χ4v) is 0.818. The molecule has 0 aliphatic rings. The lowest BCUT2D eigenvalue weighted by Gasteiger charge is -1.93. The molecule has 0 aliphatic carbocycles. The summed E-state index contributed by atoms with van der Waals surface area (Å²) >= 11 is 0. The molecule has 2 nitrogen and oxygen atoms in total. The van der Waals surface area contributed by atoms with E-state index < -0.39 is 0 Å². The number of nitrogens with zero attached hydrogens (tertiary/aromatic N) is 2. The van der Waals surface area contributed by atoms with Crippen LogP contribution in [0, 0.1) is 6.92 Å². The van der Waals surface area contributed by atoms with Crippen molar-refractivity contribution in [2.24, 2.45) is 0 Å². The molecule has 11 heavy (non-hydrogen) atoms. The van der Waals surface area contributed by atoms with Crippen molar-refractivity contribution in [1.82, 2.24) is 9.78 Å². The van der Waals surface area contributed by atoms with Crippen LogP contribution in [0.25, 0.3) is 0 Å². The molecule has 1 rings (SSSR count). The van der Waals surface area contributed by atoms with Crippen LogP contribution in [-0.2, 0) is 6.54 Å². The Bertz CT molecular complexity index is 179.